The van der Waals surface area contributed by atoms with E-state index in [1.807, 2.05) is 0 Å². The molecule has 0 aliphatic carbocycles. The lowest BCUT2D eigenvalue weighted by Crippen LogP contribution is -2.41. The fourth-order valence-corrected chi connectivity index (χ4v) is 2.15. The van der Waals surface area contributed by atoms with Gasteiger partial charge in [0.15, 0.2) is 5.96 Å². The molecule has 1 fully saturated rings. The Morgan fingerprint density at radius 1 is 1.44 bits per heavy atom. The predicted molar refractivity (Wildman–Crippen MR) is 67.7 cm³/mol. The third kappa shape index (κ3) is 2.52. The summed E-state index contributed by atoms with van der Waals surface area (Å²) in [6.07, 6.45) is 0.768. The third-order valence-corrected chi connectivity index (χ3v) is 3.03. The van der Waals surface area contributed by atoms with Gasteiger partial charge in [0.05, 0.1) is 0 Å². The number of halogens is 2. The Morgan fingerprint density at radius 2 is 2.11 bits per heavy atom. The van der Waals surface area contributed by atoms with Crippen molar-refractivity contribution < 1.29 is 8.78 Å². The molecule has 1 aromatic rings. The zero-order valence-electron chi connectivity index (χ0n) is 10.2. The smallest absolute Gasteiger partial charge is 0.188 e. The number of guanidine groups is 1. The average molecular weight is 254 g/mol. The monoisotopic (exact) mass is 254 g/mol. The minimum absolute atomic E-state index is 0.0359. The highest BCUT2D eigenvalue weighted by molar-refractivity contribution is 5.78. The van der Waals surface area contributed by atoms with Crippen LogP contribution in [0.25, 0.3) is 0 Å². The average Bonchev–Trinajstić information content (AvgIpc) is 2.77. The minimum Gasteiger partial charge on any atom is -0.370 e. The molecular formula is C12H16F2N4. The minimum atomic E-state index is -0.534. The molecule has 0 amide bonds. The van der Waals surface area contributed by atoms with Crippen LogP contribution in [0.15, 0.2) is 23.2 Å². The van der Waals surface area contributed by atoms with Crippen molar-refractivity contribution in [3.8, 4) is 0 Å². The number of hydrogen-bond acceptors (Lipinski definition) is 2. The first-order valence-corrected chi connectivity index (χ1v) is 5.79. The first-order valence-electron chi connectivity index (χ1n) is 5.79. The van der Waals surface area contributed by atoms with Gasteiger partial charge in [0.2, 0.25) is 0 Å². The third-order valence-electron chi connectivity index (χ3n) is 3.03. The van der Waals surface area contributed by atoms with E-state index < -0.39 is 11.6 Å². The highest BCUT2D eigenvalue weighted by Crippen LogP contribution is 2.26. The lowest BCUT2D eigenvalue weighted by atomic mass is 10.2. The van der Waals surface area contributed by atoms with E-state index in [0.29, 0.717) is 19.0 Å². The van der Waals surface area contributed by atoms with E-state index in [0.717, 1.165) is 6.42 Å². The standard InChI is InChI=1S/C12H16F2N4/c1-16-12(15)17-8-5-6-18(7-8)11-9(13)3-2-4-10(11)14/h2-4,8H,5-7H2,1H3,(H3,15,16,17). The second kappa shape index (κ2) is 5.20. The van der Waals surface area contributed by atoms with Crippen LogP contribution in [0.5, 0.6) is 0 Å². The number of rotatable bonds is 2. The van der Waals surface area contributed by atoms with Crippen LogP contribution in [0, 0.1) is 11.6 Å². The fraction of sp³-hybridized carbons (Fsp3) is 0.417. The molecule has 2 rings (SSSR count). The molecule has 0 saturated carbocycles. The number of hydrogen-bond donors (Lipinski definition) is 2. The van der Waals surface area contributed by atoms with Crippen LogP contribution in [0.4, 0.5) is 14.5 Å². The van der Waals surface area contributed by atoms with E-state index in [2.05, 4.69) is 10.3 Å². The van der Waals surface area contributed by atoms with Crippen molar-refractivity contribution in [1.82, 2.24) is 5.32 Å². The summed E-state index contributed by atoms with van der Waals surface area (Å²) in [7, 11) is 1.59. The summed E-state index contributed by atoms with van der Waals surface area (Å²) in [5, 5.41) is 3.01. The van der Waals surface area contributed by atoms with Crippen molar-refractivity contribution >= 4 is 11.6 Å². The predicted octanol–water partition coefficient (Wildman–Crippen LogP) is 1.08. The molecule has 98 valence electrons. The van der Waals surface area contributed by atoms with E-state index in [4.69, 9.17) is 5.73 Å². The Balaban J connectivity index is 2.09. The summed E-state index contributed by atoms with van der Waals surface area (Å²) in [6, 6.07) is 3.96. The zero-order chi connectivity index (χ0) is 13.1. The number of para-hydroxylation sites is 1. The van der Waals surface area contributed by atoms with Gasteiger partial charge in [0.25, 0.3) is 0 Å². The van der Waals surface area contributed by atoms with Crippen molar-refractivity contribution in [2.24, 2.45) is 10.7 Å². The number of aliphatic imine (C=N–C) groups is 1. The SMILES string of the molecule is CN=C(N)NC1CCN(c2c(F)cccc2F)C1. The Labute approximate surface area is 104 Å². The number of nitrogens with zero attached hydrogens (tertiary/aromatic N) is 2. The molecule has 1 atom stereocenters. The highest BCUT2D eigenvalue weighted by atomic mass is 19.1. The largest absolute Gasteiger partial charge is 0.370 e. The molecule has 18 heavy (non-hydrogen) atoms. The molecule has 1 heterocycles. The van der Waals surface area contributed by atoms with Gasteiger partial charge in [-0.05, 0) is 18.6 Å². The summed E-state index contributed by atoms with van der Waals surface area (Å²) >= 11 is 0. The van der Waals surface area contributed by atoms with Crippen molar-refractivity contribution in [3.05, 3.63) is 29.8 Å². The summed E-state index contributed by atoms with van der Waals surface area (Å²) < 4.78 is 27.2. The Hall–Kier alpha value is -1.85. The number of anilines is 1. The Kier molecular flexibility index (Phi) is 3.64. The van der Waals surface area contributed by atoms with Gasteiger partial charge in [-0.15, -0.1) is 0 Å². The maximum Gasteiger partial charge on any atom is 0.188 e. The molecule has 1 unspecified atom stereocenters. The van der Waals surface area contributed by atoms with Crippen molar-refractivity contribution in [3.63, 3.8) is 0 Å². The molecule has 4 nitrogen and oxygen atoms in total. The molecule has 3 N–H and O–H groups in total. The molecule has 1 aromatic carbocycles. The van der Waals surface area contributed by atoms with Gasteiger partial charge in [-0.3, -0.25) is 4.99 Å². The van der Waals surface area contributed by atoms with E-state index in [9.17, 15) is 8.78 Å². The van der Waals surface area contributed by atoms with Crippen LogP contribution in [0.2, 0.25) is 0 Å². The molecule has 0 radical (unpaired) electrons. The van der Waals surface area contributed by atoms with Gasteiger partial charge in [0.1, 0.15) is 17.3 Å². The molecule has 1 saturated heterocycles. The van der Waals surface area contributed by atoms with Crippen LogP contribution in [0.3, 0.4) is 0 Å². The maximum atomic E-state index is 13.6. The summed E-state index contributed by atoms with van der Waals surface area (Å²) in [4.78, 5) is 5.49. The van der Waals surface area contributed by atoms with Crippen LogP contribution in [-0.2, 0) is 0 Å². The lowest BCUT2D eigenvalue weighted by molar-refractivity contribution is 0.576. The number of nitrogens with two attached hydrogens (primary N) is 1. The summed E-state index contributed by atoms with van der Waals surface area (Å²) in [5.41, 5.74) is 5.60. The normalized spacial score (nSPS) is 20.3. The topological polar surface area (TPSA) is 53.6 Å². The molecule has 6 heteroatoms. The van der Waals surface area contributed by atoms with Crippen LogP contribution >= 0.6 is 0 Å². The van der Waals surface area contributed by atoms with Crippen LogP contribution in [0.1, 0.15) is 6.42 Å². The maximum absolute atomic E-state index is 13.6. The second-order valence-electron chi connectivity index (χ2n) is 4.26. The molecule has 0 spiro atoms. The Bertz CT molecular complexity index is 441. The van der Waals surface area contributed by atoms with Crippen molar-refractivity contribution in [2.75, 3.05) is 25.0 Å². The van der Waals surface area contributed by atoms with Crippen molar-refractivity contribution in [1.29, 1.82) is 0 Å². The second-order valence-corrected chi connectivity index (χ2v) is 4.26. The molecule has 1 aliphatic rings. The van der Waals surface area contributed by atoms with E-state index >= 15 is 0 Å². The quantitative estimate of drug-likeness (QED) is 0.613. The number of nitrogens with one attached hydrogen (secondary N) is 1. The van der Waals surface area contributed by atoms with Gasteiger partial charge in [0, 0.05) is 26.2 Å². The molecule has 1 aliphatic heterocycles. The summed E-state index contributed by atoms with van der Waals surface area (Å²) in [5.74, 6) is -0.726. The van der Waals surface area contributed by atoms with E-state index in [-0.39, 0.29) is 11.7 Å². The summed E-state index contributed by atoms with van der Waals surface area (Å²) in [6.45, 7) is 1.10. The van der Waals surface area contributed by atoms with Gasteiger partial charge in [-0.2, -0.15) is 0 Å². The van der Waals surface area contributed by atoms with Crippen LogP contribution in [-0.4, -0.2) is 32.1 Å². The van der Waals surface area contributed by atoms with Crippen LogP contribution < -0.4 is 16.0 Å². The van der Waals surface area contributed by atoms with Gasteiger partial charge in [-0.1, -0.05) is 6.07 Å². The van der Waals surface area contributed by atoms with Gasteiger partial charge >= 0.3 is 0 Å². The first kappa shape index (κ1) is 12.6. The molecular weight excluding hydrogens is 238 g/mol. The van der Waals surface area contributed by atoms with Gasteiger partial charge < -0.3 is 16.0 Å². The fourth-order valence-electron chi connectivity index (χ4n) is 2.15. The zero-order valence-corrected chi connectivity index (χ0v) is 10.2. The molecule has 0 aromatic heterocycles. The van der Waals surface area contributed by atoms with Gasteiger partial charge in [-0.25, -0.2) is 8.78 Å². The van der Waals surface area contributed by atoms with Crippen molar-refractivity contribution in [2.45, 2.75) is 12.5 Å². The highest BCUT2D eigenvalue weighted by Gasteiger charge is 2.26. The van der Waals surface area contributed by atoms with E-state index in [1.54, 1.807) is 11.9 Å². The van der Waals surface area contributed by atoms with E-state index in [1.165, 1.54) is 18.2 Å². The molecule has 0 bridgehead atoms. The first-order chi connectivity index (χ1) is 8.61. The lowest BCUT2D eigenvalue weighted by Gasteiger charge is -2.20. The number of benzene rings is 1. The Morgan fingerprint density at radius 3 is 2.72 bits per heavy atom.